The molecule has 3 rings (SSSR count). The van der Waals surface area contributed by atoms with Crippen molar-refractivity contribution in [3.63, 3.8) is 0 Å². The molecule has 0 saturated carbocycles. The Kier molecular flexibility index (Phi) is 3.51. The van der Waals surface area contributed by atoms with Gasteiger partial charge in [-0.1, -0.05) is 18.5 Å². The van der Waals surface area contributed by atoms with E-state index in [2.05, 4.69) is 36.7 Å². The highest BCUT2D eigenvalue weighted by Crippen LogP contribution is 2.35. The van der Waals surface area contributed by atoms with Gasteiger partial charge < -0.3 is 9.88 Å². The summed E-state index contributed by atoms with van der Waals surface area (Å²) in [5, 5.41) is 4.27. The van der Waals surface area contributed by atoms with E-state index in [0.717, 1.165) is 23.6 Å². The maximum atomic E-state index is 6.12. The Morgan fingerprint density at radius 2 is 2.20 bits per heavy atom. The van der Waals surface area contributed by atoms with Crippen LogP contribution in [0.4, 0.5) is 0 Å². The number of imidazole rings is 1. The smallest absolute Gasteiger partial charge is 0.117 e. The first-order valence-corrected chi connectivity index (χ1v) is 7.78. The van der Waals surface area contributed by atoms with Crippen molar-refractivity contribution in [1.82, 2.24) is 14.9 Å². The summed E-state index contributed by atoms with van der Waals surface area (Å²) in [4.78, 5) is 4.93. The van der Waals surface area contributed by atoms with Crippen LogP contribution in [0, 0.1) is 0 Å². The maximum Gasteiger partial charge on any atom is 0.117 e. The fraction of sp³-hybridized carbons (Fsp3) is 0.562. The highest BCUT2D eigenvalue weighted by molar-refractivity contribution is 6.31. The van der Waals surface area contributed by atoms with Crippen LogP contribution in [0.15, 0.2) is 18.2 Å². The zero-order valence-electron chi connectivity index (χ0n) is 12.4. The zero-order valence-corrected chi connectivity index (χ0v) is 13.2. The molecule has 3 nitrogen and oxygen atoms in total. The standard InChI is InChI=1S/C16H22ClN3/c1-11(2)20-14-6-5-12(17)9-13(14)19-15(20)16(3)7-4-8-18-10-16/h5-6,9,11,18H,4,7-8,10H2,1-3H3. The van der Waals surface area contributed by atoms with Gasteiger partial charge in [-0.3, -0.25) is 0 Å². The summed E-state index contributed by atoms with van der Waals surface area (Å²) in [7, 11) is 0. The van der Waals surface area contributed by atoms with Crippen LogP contribution in [0.2, 0.25) is 5.02 Å². The van der Waals surface area contributed by atoms with Gasteiger partial charge in [-0.15, -0.1) is 0 Å². The molecule has 20 heavy (non-hydrogen) atoms. The van der Waals surface area contributed by atoms with Gasteiger partial charge in [-0.25, -0.2) is 4.98 Å². The van der Waals surface area contributed by atoms with E-state index in [-0.39, 0.29) is 5.41 Å². The molecule has 0 aliphatic carbocycles. The van der Waals surface area contributed by atoms with E-state index < -0.39 is 0 Å². The third kappa shape index (κ3) is 2.23. The van der Waals surface area contributed by atoms with Crippen molar-refractivity contribution < 1.29 is 0 Å². The van der Waals surface area contributed by atoms with Crippen LogP contribution in [0.25, 0.3) is 11.0 Å². The van der Waals surface area contributed by atoms with Gasteiger partial charge in [-0.05, 0) is 51.4 Å². The predicted molar refractivity (Wildman–Crippen MR) is 84.6 cm³/mol. The monoisotopic (exact) mass is 291 g/mol. The van der Waals surface area contributed by atoms with E-state index in [0.29, 0.717) is 6.04 Å². The molecule has 2 heterocycles. The van der Waals surface area contributed by atoms with Crippen molar-refractivity contribution in [2.45, 2.75) is 45.1 Å². The summed E-state index contributed by atoms with van der Waals surface area (Å²) in [6, 6.07) is 6.41. The third-order valence-corrected chi connectivity index (χ3v) is 4.54. The fourth-order valence-electron chi connectivity index (χ4n) is 3.27. The summed E-state index contributed by atoms with van der Waals surface area (Å²) in [6.07, 6.45) is 2.39. The topological polar surface area (TPSA) is 29.9 Å². The molecule has 1 aliphatic rings. The summed E-state index contributed by atoms with van der Waals surface area (Å²) < 4.78 is 2.37. The number of rotatable bonds is 2. The van der Waals surface area contributed by atoms with Crippen LogP contribution >= 0.6 is 11.6 Å². The molecule has 0 radical (unpaired) electrons. The Hall–Kier alpha value is -1.06. The first kappa shape index (κ1) is 13.9. The number of hydrogen-bond donors (Lipinski definition) is 1. The molecule has 2 aromatic rings. The third-order valence-electron chi connectivity index (χ3n) is 4.31. The van der Waals surface area contributed by atoms with Crippen molar-refractivity contribution in [2.24, 2.45) is 0 Å². The Balaban J connectivity index is 2.21. The van der Waals surface area contributed by atoms with Crippen LogP contribution < -0.4 is 5.32 Å². The quantitative estimate of drug-likeness (QED) is 0.909. The minimum absolute atomic E-state index is 0.105. The Bertz CT molecular complexity index is 624. The average molecular weight is 292 g/mol. The molecule has 108 valence electrons. The number of fused-ring (bicyclic) bond motifs is 1. The first-order valence-electron chi connectivity index (χ1n) is 7.40. The molecule has 1 N–H and O–H groups in total. The molecule has 1 aromatic heterocycles. The molecule has 1 fully saturated rings. The summed E-state index contributed by atoms with van der Waals surface area (Å²) in [5.41, 5.74) is 2.30. The van der Waals surface area contributed by atoms with Gasteiger partial charge in [0, 0.05) is 23.0 Å². The number of nitrogens with zero attached hydrogens (tertiary/aromatic N) is 2. The van der Waals surface area contributed by atoms with Crippen LogP contribution in [-0.2, 0) is 5.41 Å². The van der Waals surface area contributed by atoms with Crippen LogP contribution in [0.5, 0.6) is 0 Å². The van der Waals surface area contributed by atoms with E-state index in [1.165, 1.54) is 24.2 Å². The van der Waals surface area contributed by atoms with Crippen LogP contribution in [0.3, 0.4) is 0 Å². The number of aromatic nitrogens is 2. The summed E-state index contributed by atoms with van der Waals surface area (Å²) >= 11 is 6.12. The minimum Gasteiger partial charge on any atom is -0.325 e. The largest absolute Gasteiger partial charge is 0.325 e. The fourth-order valence-corrected chi connectivity index (χ4v) is 3.43. The molecule has 0 bridgehead atoms. The molecule has 0 amide bonds. The van der Waals surface area contributed by atoms with Gasteiger partial charge in [-0.2, -0.15) is 0 Å². The lowest BCUT2D eigenvalue weighted by atomic mass is 9.81. The lowest BCUT2D eigenvalue weighted by Crippen LogP contribution is -2.43. The lowest BCUT2D eigenvalue weighted by Gasteiger charge is -2.34. The van der Waals surface area contributed by atoms with Crippen molar-refractivity contribution in [2.75, 3.05) is 13.1 Å². The number of halogens is 1. The van der Waals surface area contributed by atoms with E-state index >= 15 is 0 Å². The van der Waals surface area contributed by atoms with E-state index in [9.17, 15) is 0 Å². The van der Waals surface area contributed by atoms with Crippen molar-refractivity contribution in [3.05, 3.63) is 29.0 Å². The van der Waals surface area contributed by atoms with Crippen molar-refractivity contribution >= 4 is 22.6 Å². The van der Waals surface area contributed by atoms with E-state index in [1.807, 2.05) is 12.1 Å². The highest BCUT2D eigenvalue weighted by Gasteiger charge is 2.34. The Labute approximate surface area is 125 Å². The van der Waals surface area contributed by atoms with E-state index in [4.69, 9.17) is 16.6 Å². The van der Waals surface area contributed by atoms with Crippen molar-refractivity contribution in [3.8, 4) is 0 Å². The highest BCUT2D eigenvalue weighted by atomic mass is 35.5. The SMILES string of the molecule is CC(C)n1c(C2(C)CCCNC2)nc2cc(Cl)ccc21. The van der Waals surface area contributed by atoms with Crippen molar-refractivity contribution in [1.29, 1.82) is 0 Å². The number of benzene rings is 1. The molecule has 1 unspecified atom stereocenters. The normalized spacial score (nSPS) is 23.6. The lowest BCUT2D eigenvalue weighted by molar-refractivity contribution is 0.310. The molecule has 1 saturated heterocycles. The molecular formula is C16H22ClN3. The molecule has 1 atom stereocenters. The molecule has 1 aliphatic heterocycles. The second-order valence-electron chi connectivity index (χ2n) is 6.37. The van der Waals surface area contributed by atoms with Gasteiger partial charge in [0.15, 0.2) is 0 Å². The zero-order chi connectivity index (χ0) is 14.3. The average Bonchev–Trinajstić information content (AvgIpc) is 2.78. The maximum absolute atomic E-state index is 6.12. The van der Waals surface area contributed by atoms with E-state index in [1.54, 1.807) is 0 Å². The van der Waals surface area contributed by atoms with Crippen LogP contribution in [-0.4, -0.2) is 22.6 Å². The van der Waals surface area contributed by atoms with Gasteiger partial charge in [0.25, 0.3) is 0 Å². The summed E-state index contributed by atoms with van der Waals surface area (Å²) in [5.74, 6) is 1.19. The van der Waals surface area contributed by atoms with Crippen LogP contribution in [0.1, 0.15) is 45.5 Å². The predicted octanol–water partition coefficient (Wildman–Crippen LogP) is 3.91. The number of hydrogen-bond acceptors (Lipinski definition) is 2. The molecule has 4 heteroatoms. The van der Waals surface area contributed by atoms with Gasteiger partial charge >= 0.3 is 0 Å². The molecule has 0 spiro atoms. The van der Waals surface area contributed by atoms with Gasteiger partial charge in [0.05, 0.1) is 11.0 Å². The molecular weight excluding hydrogens is 270 g/mol. The van der Waals surface area contributed by atoms with Gasteiger partial charge in [0.1, 0.15) is 5.82 Å². The second kappa shape index (κ2) is 5.05. The molecule has 1 aromatic carbocycles. The summed E-state index contributed by atoms with van der Waals surface area (Å²) in [6.45, 7) is 8.87. The first-order chi connectivity index (χ1) is 9.51. The van der Waals surface area contributed by atoms with Gasteiger partial charge in [0.2, 0.25) is 0 Å². The minimum atomic E-state index is 0.105. The second-order valence-corrected chi connectivity index (χ2v) is 6.81. The Morgan fingerprint density at radius 1 is 1.40 bits per heavy atom. The number of nitrogens with one attached hydrogen (secondary N) is 1. The Morgan fingerprint density at radius 3 is 2.85 bits per heavy atom. The number of piperidine rings is 1.